The van der Waals surface area contributed by atoms with Crippen molar-refractivity contribution < 1.29 is 0 Å². The lowest BCUT2D eigenvalue weighted by atomic mass is 10.0. The molecule has 4 aromatic heterocycles. The van der Waals surface area contributed by atoms with Crippen LogP contribution in [0.2, 0.25) is 0 Å². The van der Waals surface area contributed by atoms with Gasteiger partial charge in [0, 0.05) is 11.4 Å². The maximum atomic E-state index is 5.93. The SMILES string of the molecule is Cc1c(C)c(C)n2c(C)nc(N)c2c1C.Cc1c(C)c(C)n2c(N)nc(C)c2c1C. The lowest BCUT2D eigenvalue weighted by Gasteiger charge is -2.13. The molecule has 0 saturated carbocycles. The van der Waals surface area contributed by atoms with Gasteiger partial charge < -0.3 is 11.5 Å². The van der Waals surface area contributed by atoms with Gasteiger partial charge >= 0.3 is 0 Å². The summed E-state index contributed by atoms with van der Waals surface area (Å²) in [5, 5.41) is 0. The molecule has 0 fully saturated rings. The third-order valence-corrected chi connectivity index (χ3v) is 6.87. The van der Waals surface area contributed by atoms with E-state index in [0.717, 1.165) is 22.6 Å². The first-order chi connectivity index (χ1) is 13.9. The highest BCUT2D eigenvalue weighted by atomic mass is 15.1. The number of nitrogen functional groups attached to an aromatic ring is 2. The van der Waals surface area contributed by atoms with Crippen LogP contribution in [0.15, 0.2) is 0 Å². The van der Waals surface area contributed by atoms with Gasteiger partial charge in [-0.25, -0.2) is 9.97 Å². The van der Waals surface area contributed by atoms with E-state index < -0.39 is 0 Å². The number of rotatable bonds is 0. The Kier molecular flexibility index (Phi) is 5.31. The Morgan fingerprint density at radius 1 is 0.533 bits per heavy atom. The summed E-state index contributed by atoms with van der Waals surface area (Å²) in [6.45, 7) is 21.0. The number of aryl methyl sites for hydroxylation is 6. The number of nitrogens with zero attached hydrogens (tertiary/aromatic N) is 4. The lowest BCUT2D eigenvalue weighted by Crippen LogP contribution is -2.03. The summed E-state index contributed by atoms with van der Waals surface area (Å²) in [6, 6.07) is 0. The molecule has 0 aliphatic carbocycles. The van der Waals surface area contributed by atoms with Gasteiger partial charge in [-0.2, -0.15) is 0 Å². The summed E-state index contributed by atoms with van der Waals surface area (Å²) >= 11 is 0. The molecule has 160 valence electrons. The van der Waals surface area contributed by atoms with Crippen LogP contribution in [0.25, 0.3) is 11.0 Å². The maximum absolute atomic E-state index is 5.93. The fraction of sp³-hybridized carbons (Fsp3) is 0.417. The second-order valence-corrected chi connectivity index (χ2v) is 8.39. The van der Waals surface area contributed by atoms with Gasteiger partial charge in [0.05, 0.1) is 16.7 Å². The second-order valence-electron chi connectivity index (χ2n) is 8.39. The first-order valence-corrected chi connectivity index (χ1v) is 10.3. The van der Waals surface area contributed by atoms with Crippen molar-refractivity contribution in [2.45, 2.75) is 69.2 Å². The van der Waals surface area contributed by atoms with Gasteiger partial charge in [0.2, 0.25) is 5.95 Å². The molecular formula is C24H34N6. The summed E-state index contributed by atoms with van der Waals surface area (Å²) in [5.74, 6) is 2.19. The van der Waals surface area contributed by atoms with E-state index in [-0.39, 0.29) is 0 Å². The normalized spacial score (nSPS) is 11.3. The minimum absolute atomic E-state index is 0.589. The smallest absolute Gasteiger partial charge is 0.205 e. The Hall–Kier alpha value is -3.02. The minimum Gasteiger partial charge on any atom is -0.382 e. The molecule has 6 heteroatoms. The molecule has 0 aliphatic rings. The van der Waals surface area contributed by atoms with Crippen LogP contribution in [0.4, 0.5) is 11.8 Å². The Morgan fingerprint density at radius 2 is 1.00 bits per heavy atom. The molecule has 0 spiro atoms. The predicted molar refractivity (Wildman–Crippen MR) is 127 cm³/mol. The van der Waals surface area contributed by atoms with Crippen LogP contribution in [0.1, 0.15) is 56.3 Å². The Morgan fingerprint density at radius 3 is 1.53 bits per heavy atom. The monoisotopic (exact) mass is 406 g/mol. The topological polar surface area (TPSA) is 86.6 Å². The van der Waals surface area contributed by atoms with Crippen LogP contribution in [0.3, 0.4) is 0 Å². The molecule has 0 amide bonds. The van der Waals surface area contributed by atoms with E-state index in [4.69, 9.17) is 11.5 Å². The largest absolute Gasteiger partial charge is 0.382 e. The highest BCUT2D eigenvalue weighted by Gasteiger charge is 2.15. The molecule has 0 saturated heterocycles. The van der Waals surface area contributed by atoms with Crippen molar-refractivity contribution in [1.29, 1.82) is 0 Å². The van der Waals surface area contributed by atoms with Gasteiger partial charge in [-0.3, -0.25) is 8.80 Å². The summed E-state index contributed by atoms with van der Waals surface area (Å²) in [7, 11) is 0. The lowest BCUT2D eigenvalue weighted by molar-refractivity contribution is 0.965. The Balaban J connectivity index is 0.000000171. The third kappa shape index (κ3) is 3.02. The predicted octanol–water partition coefficient (Wildman–Crippen LogP) is 4.92. The molecule has 4 aromatic rings. The van der Waals surface area contributed by atoms with E-state index in [2.05, 4.69) is 69.8 Å². The van der Waals surface area contributed by atoms with E-state index >= 15 is 0 Å². The number of hydrogen-bond acceptors (Lipinski definition) is 4. The van der Waals surface area contributed by atoms with Gasteiger partial charge in [0.25, 0.3) is 0 Å². The van der Waals surface area contributed by atoms with Gasteiger partial charge in [-0.05, 0) is 103 Å². The van der Waals surface area contributed by atoms with Crippen molar-refractivity contribution in [2.75, 3.05) is 11.5 Å². The van der Waals surface area contributed by atoms with Crippen LogP contribution in [-0.4, -0.2) is 18.8 Å². The summed E-state index contributed by atoms with van der Waals surface area (Å²) in [5.41, 5.74) is 25.3. The van der Waals surface area contributed by atoms with Gasteiger partial charge in [-0.1, -0.05) is 0 Å². The van der Waals surface area contributed by atoms with Crippen LogP contribution < -0.4 is 11.5 Å². The van der Waals surface area contributed by atoms with Gasteiger partial charge in [-0.15, -0.1) is 0 Å². The number of anilines is 2. The molecule has 0 aliphatic heterocycles. The molecule has 30 heavy (non-hydrogen) atoms. The van der Waals surface area contributed by atoms with E-state index in [1.165, 1.54) is 44.8 Å². The van der Waals surface area contributed by atoms with E-state index in [0.29, 0.717) is 11.8 Å². The molecule has 6 nitrogen and oxygen atoms in total. The molecular weight excluding hydrogens is 372 g/mol. The van der Waals surface area contributed by atoms with Crippen molar-refractivity contribution in [3.8, 4) is 0 Å². The number of hydrogen-bond donors (Lipinski definition) is 2. The highest BCUT2D eigenvalue weighted by Crippen LogP contribution is 2.28. The molecule has 0 bridgehead atoms. The van der Waals surface area contributed by atoms with Gasteiger partial charge in [0.15, 0.2) is 0 Å². The zero-order chi connectivity index (χ0) is 22.7. The summed E-state index contributed by atoms with van der Waals surface area (Å²) in [4.78, 5) is 8.67. The van der Waals surface area contributed by atoms with Crippen molar-refractivity contribution >= 4 is 22.8 Å². The maximum Gasteiger partial charge on any atom is 0.205 e. The van der Waals surface area contributed by atoms with Crippen molar-refractivity contribution in [1.82, 2.24) is 18.8 Å². The van der Waals surface area contributed by atoms with E-state index in [9.17, 15) is 0 Å². The average molecular weight is 407 g/mol. The number of imidazole rings is 2. The zero-order valence-electron chi connectivity index (χ0n) is 19.9. The third-order valence-electron chi connectivity index (χ3n) is 6.87. The minimum atomic E-state index is 0.589. The zero-order valence-corrected chi connectivity index (χ0v) is 19.9. The Bertz CT molecular complexity index is 1110. The first kappa shape index (κ1) is 21.7. The summed E-state index contributed by atoms with van der Waals surface area (Å²) in [6.07, 6.45) is 0. The van der Waals surface area contributed by atoms with Crippen molar-refractivity contribution in [3.63, 3.8) is 0 Å². The molecule has 0 atom stereocenters. The number of nitrogens with two attached hydrogens (primary N) is 2. The fourth-order valence-electron chi connectivity index (χ4n) is 4.45. The molecule has 0 aromatic carbocycles. The second kappa shape index (κ2) is 7.35. The number of aromatic nitrogens is 4. The van der Waals surface area contributed by atoms with Gasteiger partial charge in [0.1, 0.15) is 11.6 Å². The molecule has 0 unspecified atom stereocenters. The number of pyridine rings is 2. The first-order valence-electron chi connectivity index (χ1n) is 10.3. The average Bonchev–Trinajstić information content (AvgIpc) is 3.16. The van der Waals surface area contributed by atoms with Crippen molar-refractivity contribution in [2.24, 2.45) is 0 Å². The number of fused-ring (bicyclic) bond motifs is 2. The summed E-state index contributed by atoms with van der Waals surface area (Å²) < 4.78 is 4.19. The van der Waals surface area contributed by atoms with Crippen LogP contribution in [0.5, 0.6) is 0 Å². The van der Waals surface area contributed by atoms with Crippen LogP contribution in [-0.2, 0) is 0 Å². The highest BCUT2D eigenvalue weighted by molar-refractivity contribution is 5.74. The van der Waals surface area contributed by atoms with Crippen molar-refractivity contribution in [3.05, 3.63) is 56.3 Å². The molecule has 4 heterocycles. The van der Waals surface area contributed by atoms with Crippen LogP contribution >= 0.6 is 0 Å². The standard InChI is InChI=1S/2C12H17N3/c1-6-7(2)10(5)15-11(8(6)3)9(4)14-12(15)13;1-6-7(2)9(4)15-10(5)14-12(13)11(15)8(6)3/h1-5H3,(H2,13,14);13H2,1-5H3. The van der Waals surface area contributed by atoms with E-state index in [1.807, 2.05) is 18.2 Å². The molecule has 4 N–H and O–H groups in total. The fourth-order valence-corrected chi connectivity index (χ4v) is 4.45. The molecule has 4 rings (SSSR count). The quantitative estimate of drug-likeness (QED) is 0.434. The van der Waals surface area contributed by atoms with E-state index in [1.54, 1.807) is 0 Å². The molecule has 0 radical (unpaired) electrons. The Labute approximate surface area is 178 Å². The van der Waals surface area contributed by atoms with Crippen LogP contribution in [0, 0.1) is 69.2 Å².